The molecule has 0 radical (unpaired) electrons. The molecule has 0 amide bonds. The van der Waals surface area contributed by atoms with Crippen LogP contribution in [0, 0.1) is 17.6 Å². The van der Waals surface area contributed by atoms with E-state index in [-0.39, 0.29) is 18.0 Å². The van der Waals surface area contributed by atoms with E-state index in [2.05, 4.69) is 9.97 Å². The molecule has 3 heterocycles. The summed E-state index contributed by atoms with van der Waals surface area (Å²) in [4.78, 5) is 32.9. The van der Waals surface area contributed by atoms with Crippen molar-refractivity contribution in [1.29, 1.82) is 0 Å². The molecule has 1 aromatic carbocycles. The van der Waals surface area contributed by atoms with Gasteiger partial charge in [0.2, 0.25) is 0 Å². The first-order chi connectivity index (χ1) is 13.6. The molecule has 0 atom stereocenters. The number of benzene rings is 1. The zero-order chi connectivity index (χ0) is 20.9. The van der Waals surface area contributed by atoms with Gasteiger partial charge >= 0.3 is 7.60 Å². The normalized spacial score (nSPS) is 16.4. The van der Waals surface area contributed by atoms with E-state index in [1.54, 1.807) is 0 Å². The maximum atomic E-state index is 13.8. The van der Waals surface area contributed by atoms with Crippen molar-refractivity contribution in [2.24, 2.45) is 5.92 Å². The topological polar surface area (TPSA) is 102 Å². The van der Waals surface area contributed by atoms with Crippen molar-refractivity contribution in [3.8, 4) is 0 Å². The summed E-state index contributed by atoms with van der Waals surface area (Å²) >= 11 is 0. The molecule has 1 fully saturated rings. The van der Waals surface area contributed by atoms with E-state index < -0.39 is 19.2 Å². The van der Waals surface area contributed by atoms with Gasteiger partial charge in [-0.15, -0.1) is 0 Å². The predicted molar refractivity (Wildman–Crippen MR) is 107 cm³/mol. The number of nitrogens with one attached hydrogen (secondary N) is 1. The van der Waals surface area contributed by atoms with E-state index in [4.69, 9.17) is 4.98 Å². The van der Waals surface area contributed by atoms with Gasteiger partial charge in [0, 0.05) is 30.5 Å². The van der Waals surface area contributed by atoms with Crippen molar-refractivity contribution in [2.45, 2.75) is 32.6 Å². The first-order valence-electron chi connectivity index (χ1n) is 9.60. The molecule has 0 bridgehead atoms. The summed E-state index contributed by atoms with van der Waals surface area (Å²) in [6.07, 6.45) is 1.16. The predicted octanol–water partition coefficient (Wildman–Crippen LogP) is 3.91. The summed E-state index contributed by atoms with van der Waals surface area (Å²) in [6, 6.07) is 2.27. The SMILES string of the molecule is CC(C)c1nc(N2CCC(CP(=O)(O)O)CC2)c2[nH]c3cc(F)c(F)cc3c2n1. The Kier molecular flexibility index (Phi) is 5.09. The maximum Gasteiger partial charge on any atom is 0.325 e. The Morgan fingerprint density at radius 1 is 1.21 bits per heavy atom. The number of piperidine rings is 1. The zero-order valence-corrected chi connectivity index (χ0v) is 17.1. The number of halogens is 2. The molecule has 29 heavy (non-hydrogen) atoms. The van der Waals surface area contributed by atoms with Crippen LogP contribution in [0.15, 0.2) is 12.1 Å². The van der Waals surface area contributed by atoms with E-state index in [9.17, 15) is 23.1 Å². The Bertz CT molecular complexity index is 1120. The number of fused-ring (bicyclic) bond motifs is 3. The summed E-state index contributed by atoms with van der Waals surface area (Å²) in [6.45, 7) is 5.11. The molecule has 0 spiro atoms. The van der Waals surface area contributed by atoms with Gasteiger partial charge in [-0.1, -0.05) is 13.8 Å². The molecule has 2 aromatic heterocycles. The Morgan fingerprint density at radius 2 is 1.86 bits per heavy atom. The van der Waals surface area contributed by atoms with Crippen LogP contribution < -0.4 is 4.90 Å². The van der Waals surface area contributed by atoms with Gasteiger partial charge in [0.15, 0.2) is 17.5 Å². The molecule has 1 aliphatic heterocycles. The van der Waals surface area contributed by atoms with Crippen LogP contribution in [0.3, 0.4) is 0 Å². The van der Waals surface area contributed by atoms with Gasteiger partial charge in [0.1, 0.15) is 16.9 Å². The molecule has 0 saturated carbocycles. The second kappa shape index (κ2) is 7.31. The van der Waals surface area contributed by atoms with Crippen LogP contribution in [0.2, 0.25) is 0 Å². The van der Waals surface area contributed by atoms with Crippen molar-refractivity contribution in [2.75, 3.05) is 24.2 Å². The second-order valence-electron chi connectivity index (χ2n) is 8.00. The summed E-state index contributed by atoms with van der Waals surface area (Å²) < 4.78 is 38.8. The monoisotopic (exact) mass is 424 g/mol. The minimum absolute atomic E-state index is 0.0418. The van der Waals surface area contributed by atoms with Gasteiger partial charge in [-0.3, -0.25) is 4.57 Å². The van der Waals surface area contributed by atoms with Crippen molar-refractivity contribution in [1.82, 2.24) is 15.0 Å². The average molecular weight is 424 g/mol. The van der Waals surface area contributed by atoms with Crippen LogP contribution >= 0.6 is 7.60 Å². The minimum atomic E-state index is -4.04. The van der Waals surface area contributed by atoms with Crippen LogP contribution in [0.5, 0.6) is 0 Å². The molecule has 10 heteroatoms. The molecule has 7 nitrogen and oxygen atoms in total. The van der Waals surface area contributed by atoms with Crippen molar-refractivity contribution in [3.05, 3.63) is 29.6 Å². The fourth-order valence-corrected chi connectivity index (χ4v) is 4.95. The number of hydrogen-bond donors (Lipinski definition) is 3. The van der Waals surface area contributed by atoms with Crippen molar-refractivity contribution >= 4 is 35.3 Å². The molecule has 3 N–H and O–H groups in total. The highest BCUT2D eigenvalue weighted by Gasteiger charge is 2.28. The molecular weight excluding hydrogens is 401 g/mol. The molecule has 0 aliphatic carbocycles. The third kappa shape index (κ3) is 3.99. The summed E-state index contributed by atoms with van der Waals surface area (Å²) in [7, 11) is -4.04. The van der Waals surface area contributed by atoms with E-state index in [0.29, 0.717) is 59.5 Å². The Balaban J connectivity index is 1.76. The Labute approximate surface area is 166 Å². The van der Waals surface area contributed by atoms with Crippen LogP contribution in [-0.4, -0.2) is 44.0 Å². The highest BCUT2D eigenvalue weighted by molar-refractivity contribution is 7.51. The lowest BCUT2D eigenvalue weighted by Crippen LogP contribution is -2.35. The van der Waals surface area contributed by atoms with Gasteiger partial charge in [-0.05, 0) is 24.8 Å². The van der Waals surface area contributed by atoms with Crippen LogP contribution in [-0.2, 0) is 4.57 Å². The highest BCUT2D eigenvalue weighted by Crippen LogP contribution is 2.40. The van der Waals surface area contributed by atoms with Gasteiger partial charge in [0.25, 0.3) is 0 Å². The maximum absolute atomic E-state index is 13.8. The van der Waals surface area contributed by atoms with E-state index in [1.165, 1.54) is 0 Å². The number of H-pyrrole nitrogens is 1. The average Bonchev–Trinajstić information content (AvgIpc) is 2.98. The summed E-state index contributed by atoms with van der Waals surface area (Å²) in [5, 5.41) is 0.501. The smallest absolute Gasteiger partial charge is 0.325 e. The minimum Gasteiger partial charge on any atom is -0.355 e. The molecule has 3 aromatic rings. The molecule has 156 valence electrons. The molecule has 0 unspecified atom stereocenters. The van der Waals surface area contributed by atoms with E-state index in [0.717, 1.165) is 12.1 Å². The standard InChI is InChI=1S/C19H23F2N4O3P/c1-10(2)18-23-16-12-7-13(20)14(21)8-15(12)22-17(16)19(24-18)25-5-3-11(4-6-25)9-29(26,27)28/h7-8,10-11,22H,3-6,9H2,1-2H3,(H2,26,27,28). The van der Waals surface area contributed by atoms with E-state index >= 15 is 0 Å². The zero-order valence-electron chi connectivity index (χ0n) is 16.2. The van der Waals surface area contributed by atoms with Crippen LogP contribution in [0.4, 0.5) is 14.6 Å². The molecule has 1 aliphatic rings. The fourth-order valence-electron chi connectivity index (χ4n) is 3.91. The largest absolute Gasteiger partial charge is 0.355 e. The molecule has 1 saturated heterocycles. The van der Waals surface area contributed by atoms with Gasteiger partial charge in [-0.25, -0.2) is 18.7 Å². The lowest BCUT2D eigenvalue weighted by atomic mass is 9.99. The lowest BCUT2D eigenvalue weighted by Gasteiger charge is -2.33. The lowest BCUT2D eigenvalue weighted by molar-refractivity contribution is 0.346. The molecule has 4 rings (SSSR count). The number of anilines is 1. The Hall–Kier alpha value is -2.09. The number of hydrogen-bond acceptors (Lipinski definition) is 4. The van der Waals surface area contributed by atoms with Gasteiger partial charge in [0.05, 0.1) is 11.7 Å². The second-order valence-corrected chi connectivity index (χ2v) is 9.69. The van der Waals surface area contributed by atoms with Crippen molar-refractivity contribution in [3.63, 3.8) is 0 Å². The summed E-state index contributed by atoms with van der Waals surface area (Å²) in [5.74, 6) is -0.592. The number of aromatic nitrogens is 3. The third-order valence-corrected chi connectivity index (χ3v) is 6.40. The van der Waals surface area contributed by atoms with Gasteiger partial charge in [-0.2, -0.15) is 0 Å². The highest BCUT2D eigenvalue weighted by atomic mass is 31.2. The number of nitrogens with zero attached hydrogens (tertiary/aromatic N) is 3. The quantitative estimate of drug-likeness (QED) is 0.549. The number of aromatic amines is 1. The van der Waals surface area contributed by atoms with Crippen LogP contribution in [0.25, 0.3) is 21.9 Å². The Morgan fingerprint density at radius 3 is 2.48 bits per heavy atom. The molecular formula is C19H23F2N4O3P. The first-order valence-corrected chi connectivity index (χ1v) is 11.4. The summed E-state index contributed by atoms with van der Waals surface area (Å²) in [5.41, 5.74) is 1.61. The number of rotatable bonds is 4. The fraction of sp³-hybridized carbons (Fsp3) is 0.474. The van der Waals surface area contributed by atoms with Crippen molar-refractivity contribution < 1.29 is 23.1 Å². The van der Waals surface area contributed by atoms with Crippen LogP contribution in [0.1, 0.15) is 38.4 Å². The third-order valence-electron chi connectivity index (χ3n) is 5.41. The van der Waals surface area contributed by atoms with Gasteiger partial charge < -0.3 is 19.7 Å². The van der Waals surface area contributed by atoms with E-state index in [1.807, 2.05) is 18.7 Å². The first kappa shape index (κ1) is 20.2.